The number of rotatable bonds is 6. The summed E-state index contributed by atoms with van der Waals surface area (Å²) in [6.45, 7) is 1.18. The maximum atomic E-state index is 12.5. The molecule has 3 amide bonds. The van der Waals surface area contributed by atoms with Gasteiger partial charge in [0.25, 0.3) is 17.7 Å². The highest BCUT2D eigenvalue weighted by molar-refractivity contribution is 6.22. The van der Waals surface area contributed by atoms with Crippen LogP contribution >= 0.6 is 0 Å². The maximum Gasteiger partial charge on any atom is 0.326 e. The fourth-order valence-electron chi connectivity index (χ4n) is 6.85. The van der Waals surface area contributed by atoms with E-state index >= 15 is 0 Å². The summed E-state index contributed by atoms with van der Waals surface area (Å²) in [5, 5.41) is 3.05. The molecule has 1 atom stereocenters. The van der Waals surface area contributed by atoms with Crippen molar-refractivity contribution in [2.24, 2.45) is 23.2 Å². The van der Waals surface area contributed by atoms with Crippen LogP contribution in [-0.4, -0.2) is 47.8 Å². The van der Waals surface area contributed by atoms with Crippen molar-refractivity contribution in [3.05, 3.63) is 35.4 Å². The van der Waals surface area contributed by atoms with Crippen molar-refractivity contribution >= 4 is 23.7 Å². The van der Waals surface area contributed by atoms with E-state index in [9.17, 15) is 19.2 Å². The second-order valence-electron chi connectivity index (χ2n) is 9.97. The summed E-state index contributed by atoms with van der Waals surface area (Å²) in [6.07, 6.45) is 7.57. The summed E-state index contributed by atoms with van der Waals surface area (Å²) < 4.78 is 5.08. The van der Waals surface area contributed by atoms with Gasteiger partial charge in [-0.2, -0.15) is 0 Å². The van der Waals surface area contributed by atoms with Gasteiger partial charge in [-0.15, -0.1) is 0 Å². The lowest BCUT2D eigenvalue weighted by atomic mass is 9.48. The Labute approximate surface area is 181 Å². The molecule has 5 aliphatic rings. The summed E-state index contributed by atoms with van der Waals surface area (Å²) >= 11 is 0. The van der Waals surface area contributed by atoms with E-state index in [1.807, 2.05) is 0 Å². The predicted octanol–water partition coefficient (Wildman–Crippen LogP) is 2.55. The van der Waals surface area contributed by atoms with E-state index in [1.165, 1.54) is 38.5 Å². The summed E-state index contributed by atoms with van der Waals surface area (Å²) in [5.74, 6) is 0.246. The lowest BCUT2D eigenvalue weighted by Gasteiger charge is -2.59. The van der Waals surface area contributed by atoms with Crippen LogP contribution in [0.2, 0.25) is 0 Å². The number of esters is 1. The Morgan fingerprint density at radius 2 is 1.55 bits per heavy atom. The molecule has 1 heterocycles. The van der Waals surface area contributed by atoms with E-state index < -0.39 is 30.9 Å². The summed E-state index contributed by atoms with van der Waals surface area (Å²) in [5.41, 5.74) is 0.735. The van der Waals surface area contributed by atoms with Crippen LogP contribution in [0.4, 0.5) is 0 Å². The predicted molar refractivity (Wildman–Crippen MR) is 111 cm³/mol. The number of carbonyl (C=O) groups excluding carboxylic acids is 4. The molecule has 4 aliphatic carbocycles. The van der Waals surface area contributed by atoms with Crippen molar-refractivity contribution in [3.63, 3.8) is 0 Å². The Morgan fingerprint density at radius 3 is 2.06 bits per heavy atom. The molecular formula is C24H28N2O5. The van der Waals surface area contributed by atoms with E-state index in [2.05, 4.69) is 12.2 Å². The molecule has 7 heteroatoms. The van der Waals surface area contributed by atoms with Gasteiger partial charge in [0, 0.05) is 6.04 Å². The number of imide groups is 1. The molecule has 0 radical (unpaired) electrons. The number of nitrogens with zero attached hydrogens (tertiary/aromatic N) is 1. The standard InChI is InChI=1S/C24H28N2O5/c1-14(24-9-15-6-16(10-24)8-17(7-15)11-24)25-20(27)13-31-21(28)12-26-22(29)18-4-2-3-5-19(18)23(26)30/h2-5,14-17H,6-13H2,1H3,(H,25,27)/t14-,15?,16?,17?,24?/m1/s1. The summed E-state index contributed by atoms with van der Waals surface area (Å²) in [6, 6.07) is 6.49. The lowest BCUT2D eigenvalue weighted by Crippen LogP contribution is -2.56. The Hall–Kier alpha value is -2.70. The highest BCUT2D eigenvalue weighted by Gasteiger charge is 2.53. The van der Waals surface area contributed by atoms with Crippen LogP contribution in [0, 0.1) is 23.2 Å². The summed E-state index contributed by atoms with van der Waals surface area (Å²) in [4.78, 5) is 50.2. The molecule has 0 unspecified atom stereocenters. The van der Waals surface area contributed by atoms with E-state index in [1.54, 1.807) is 24.3 Å². The molecule has 1 aromatic rings. The minimum absolute atomic E-state index is 0.0448. The quantitative estimate of drug-likeness (QED) is 0.560. The van der Waals surface area contributed by atoms with Crippen LogP contribution in [-0.2, 0) is 14.3 Å². The molecule has 6 rings (SSSR count). The zero-order valence-electron chi connectivity index (χ0n) is 17.8. The first kappa shape index (κ1) is 20.2. The number of amides is 3. The number of benzene rings is 1. The van der Waals surface area contributed by atoms with Crippen LogP contribution in [0.5, 0.6) is 0 Å². The van der Waals surface area contributed by atoms with Crippen molar-refractivity contribution in [1.29, 1.82) is 0 Å². The average Bonchev–Trinajstić information content (AvgIpc) is 2.96. The Balaban J connectivity index is 1.12. The van der Waals surface area contributed by atoms with Gasteiger partial charge in [-0.3, -0.25) is 24.1 Å². The molecule has 4 fully saturated rings. The van der Waals surface area contributed by atoms with Crippen LogP contribution in [0.25, 0.3) is 0 Å². The normalized spacial score (nSPS) is 31.5. The van der Waals surface area contributed by atoms with Gasteiger partial charge in [0.15, 0.2) is 6.61 Å². The van der Waals surface area contributed by atoms with Crippen LogP contribution in [0.3, 0.4) is 0 Å². The molecule has 1 aliphatic heterocycles. The van der Waals surface area contributed by atoms with Crippen molar-refractivity contribution in [1.82, 2.24) is 10.2 Å². The third-order valence-corrected chi connectivity index (χ3v) is 7.91. The van der Waals surface area contributed by atoms with E-state index in [4.69, 9.17) is 4.74 Å². The molecule has 31 heavy (non-hydrogen) atoms. The fourth-order valence-corrected chi connectivity index (χ4v) is 6.85. The molecule has 0 saturated heterocycles. The lowest BCUT2D eigenvalue weighted by molar-refractivity contribution is -0.149. The second-order valence-corrected chi connectivity index (χ2v) is 9.97. The number of hydrogen-bond donors (Lipinski definition) is 1. The first-order valence-corrected chi connectivity index (χ1v) is 11.2. The number of fused-ring (bicyclic) bond motifs is 1. The minimum Gasteiger partial charge on any atom is -0.454 e. The van der Waals surface area contributed by atoms with Gasteiger partial charge in [0.1, 0.15) is 6.54 Å². The highest BCUT2D eigenvalue weighted by Crippen LogP contribution is 2.61. The van der Waals surface area contributed by atoms with Crippen molar-refractivity contribution in [2.45, 2.75) is 51.5 Å². The number of carbonyl (C=O) groups is 4. The van der Waals surface area contributed by atoms with Crippen LogP contribution in [0.15, 0.2) is 24.3 Å². The SMILES string of the molecule is C[C@@H](NC(=O)COC(=O)CN1C(=O)c2ccccc2C1=O)C12CC3CC(CC(C3)C1)C2. The maximum absolute atomic E-state index is 12.5. The zero-order chi connectivity index (χ0) is 21.8. The molecule has 164 valence electrons. The Kier molecular flexibility index (Phi) is 4.87. The smallest absolute Gasteiger partial charge is 0.326 e. The molecule has 0 spiro atoms. The first-order valence-electron chi connectivity index (χ1n) is 11.2. The first-order chi connectivity index (χ1) is 14.8. The van der Waals surface area contributed by atoms with Gasteiger partial charge in [0.2, 0.25) is 0 Å². The van der Waals surface area contributed by atoms with Gasteiger partial charge >= 0.3 is 5.97 Å². The Bertz CT molecular complexity index is 885. The molecule has 4 bridgehead atoms. The topological polar surface area (TPSA) is 92.8 Å². The Morgan fingerprint density at radius 1 is 1.03 bits per heavy atom. The van der Waals surface area contributed by atoms with Crippen molar-refractivity contribution < 1.29 is 23.9 Å². The third-order valence-electron chi connectivity index (χ3n) is 7.91. The summed E-state index contributed by atoms with van der Waals surface area (Å²) in [7, 11) is 0. The average molecular weight is 424 g/mol. The number of nitrogens with one attached hydrogen (secondary N) is 1. The van der Waals surface area contributed by atoms with Gasteiger partial charge < -0.3 is 10.1 Å². The van der Waals surface area contributed by atoms with Crippen LogP contribution in [0.1, 0.15) is 66.2 Å². The highest BCUT2D eigenvalue weighted by atomic mass is 16.5. The van der Waals surface area contributed by atoms with E-state index in [0.29, 0.717) is 0 Å². The third kappa shape index (κ3) is 3.54. The number of hydrogen-bond acceptors (Lipinski definition) is 5. The van der Waals surface area contributed by atoms with Crippen molar-refractivity contribution in [3.8, 4) is 0 Å². The van der Waals surface area contributed by atoms with E-state index in [-0.39, 0.29) is 28.5 Å². The van der Waals surface area contributed by atoms with Gasteiger partial charge in [-0.05, 0) is 80.8 Å². The molecule has 0 aromatic heterocycles. The zero-order valence-corrected chi connectivity index (χ0v) is 17.8. The van der Waals surface area contributed by atoms with Gasteiger partial charge in [-0.1, -0.05) is 12.1 Å². The van der Waals surface area contributed by atoms with Gasteiger partial charge in [0.05, 0.1) is 11.1 Å². The van der Waals surface area contributed by atoms with E-state index in [0.717, 1.165) is 22.7 Å². The van der Waals surface area contributed by atoms with Gasteiger partial charge in [-0.25, -0.2) is 0 Å². The molecular weight excluding hydrogens is 396 g/mol. The largest absolute Gasteiger partial charge is 0.454 e. The van der Waals surface area contributed by atoms with Crippen LogP contribution < -0.4 is 5.32 Å². The molecule has 7 nitrogen and oxygen atoms in total. The number of ether oxygens (including phenoxy) is 1. The molecule has 4 saturated carbocycles. The van der Waals surface area contributed by atoms with Crippen molar-refractivity contribution in [2.75, 3.05) is 13.2 Å². The molecule has 1 aromatic carbocycles. The second kappa shape index (κ2) is 7.46. The minimum atomic E-state index is -0.771. The fraction of sp³-hybridized carbons (Fsp3) is 0.583. The monoisotopic (exact) mass is 424 g/mol. The molecule has 1 N–H and O–H groups in total.